The van der Waals surface area contributed by atoms with Gasteiger partial charge in [-0.1, -0.05) is 126 Å². The van der Waals surface area contributed by atoms with Crippen molar-refractivity contribution in [1.29, 1.82) is 0 Å². The molecular weight excluding hydrogens is 552 g/mol. The molecule has 1 saturated heterocycles. The van der Waals surface area contributed by atoms with Crippen molar-refractivity contribution in [3.8, 4) is 0 Å². The Balaban J connectivity index is 1.91. The van der Waals surface area contributed by atoms with Gasteiger partial charge in [0.05, 0.1) is 12.2 Å². The molecule has 1 aliphatic rings. The summed E-state index contributed by atoms with van der Waals surface area (Å²) in [5.74, 6) is 0.112. The third-order valence-electron chi connectivity index (χ3n) is 7.36. The van der Waals surface area contributed by atoms with E-state index in [0.717, 1.165) is 63.7 Å². The van der Waals surface area contributed by atoms with Crippen LogP contribution in [0.5, 0.6) is 0 Å². The first kappa shape index (κ1) is 39.6. The highest BCUT2D eigenvalue weighted by Gasteiger charge is 2.35. The Morgan fingerprint density at radius 3 is 1.70 bits per heavy atom. The fourth-order valence-electron chi connectivity index (χ4n) is 4.63. The van der Waals surface area contributed by atoms with Crippen LogP contribution in [0.4, 0.5) is 0 Å². The summed E-state index contributed by atoms with van der Waals surface area (Å²) in [6.07, 6.45) is 37.6. The molecule has 3 atom stereocenters. The largest absolute Gasteiger partial charge is 0.463 e. The van der Waals surface area contributed by atoms with E-state index in [2.05, 4.69) is 69.4 Å². The topological polar surface area (TPSA) is 85.4 Å². The Kier molecular flexibility index (Phi) is 25.2. The number of allylic oxidation sites excluding steroid dienone is 8. The van der Waals surface area contributed by atoms with E-state index in [1.165, 1.54) is 32.1 Å². The van der Waals surface area contributed by atoms with Gasteiger partial charge < -0.3 is 19.3 Å². The van der Waals surface area contributed by atoms with E-state index in [1.807, 2.05) is 12.2 Å². The second kappa shape index (κ2) is 28.1. The Bertz CT molecular complexity index is 869. The number of aliphatic hydroxyl groups excluding tert-OH is 1. The highest BCUT2D eigenvalue weighted by molar-refractivity contribution is 5.70. The van der Waals surface area contributed by atoms with Crippen LogP contribution >= 0.6 is 0 Å². The number of carbonyl (C=O) groups is 2. The summed E-state index contributed by atoms with van der Waals surface area (Å²) >= 11 is 0. The van der Waals surface area contributed by atoms with Crippen LogP contribution in [0.3, 0.4) is 0 Å². The van der Waals surface area contributed by atoms with Crippen LogP contribution in [0.25, 0.3) is 0 Å². The van der Waals surface area contributed by atoms with Gasteiger partial charge in [-0.15, -0.1) is 0 Å². The molecule has 0 spiro atoms. The minimum absolute atomic E-state index is 0.145. The summed E-state index contributed by atoms with van der Waals surface area (Å²) < 4.78 is 15.9. The lowest BCUT2D eigenvalue weighted by molar-refractivity contribution is -0.152. The molecule has 2 unspecified atom stereocenters. The number of rotatable bonds is 28. The quantitative estimate of drug-likeness (QED) is 0.0409. The highest BCUT2D eigenvalue weighted by Crippen LogP contribution is 2.29. The lowest BCUT2D eigenvalue weighted by atomic mass is 10.0. The first-order chi connectivity index (χ1) is 21.4. The number of hydrogen-bond acceptors (Lipinski definition) is 6. The molecule has 0 bridgehead atoms. The first-order valence-electron chi connectivity index (χ1n) is 17.3. The van der Waals surface area contributed by atoms with Gasteiger partial charge in [0.1, 0.15) is 19.3 Å². The molecule has 250 valence electrons. The van der Waals surface area contributed by atoms with Gasteiger partial charge in [-0.3, -0.25) is 9.59 Å². The summed E-state index contributed by atoms with van der Waals surface area (Å²) in [6.45, 7) is 6.37. The molecule has 1 N–H and O–H groups in total. The van der Waals surface area contributed by atoms with E-state index in [-0.39, 0.29) is 31.6 Å². The van der Waals surface area contributed by atoms with Crippen LogP contribution in [0.1, 0.15) is 130 Å². The number of unbranched alkanes of at least 4 members (excludes halogenated alkanes) is 6. The lowest BCUT2D eigenvalue weighted by Crippen LogP contribution is -2.25. The number of epoxide rings is 1. The summed E-state index contributed by atoms with van der Waals surface area (Å²) in [7, 11) is 0. The zero-order valence-electron chi connectivity index (χ0n) is 28.0. The fourth-order valence-corrected chi connectivity index (χ4v) is 4.63. The monoisotopic (exact) mass is 614 g/mol. The zero-order chi connectivity index (χ0) is 32.1. The lowest BCUT2D eigenvalue weighted by Gasteiger charge is -2.12. The predicted molar refractivity (Wildman–Crippen MR) is 181 cm³/mol. The second-order valence-electron chi connectivity index (χ2n) is 12.1. The normalized spacial score (nSPS) is 17.7. The van der Waals surface area contributed by atoms with Crippen LogP contribution in [-0.4, -0.2) is 48.6 Å². The number of carbonyl (C=O) groups excluding carboxylic acids is 2. The van der Waals surface area contributed by atoms with Crippen molar-refractivity contribution in [3.05, 3.63) is 60.8 Å². The van der Waals surface area contributed by atoms with Crippen molar-refractivity contribution < 1.29 is 28.9 Å². The second-order valence-corrected chi connectivity index (χ2v) is 12.1. The van der Waals surface area contributed by atoms with Crippen LogP contribution in [-0.2, 0) is 23.8 Å². The summed E-state index contributed by atoms with van der Waals surface area (Å²) in [4.78, 5) is 23.8. The van der Waals surface area contributed by atoms with Gasteiger partial charge >= 0.3 is 11.9 Å². The maximum Gasteiger partial charge on any atom is 0.306 e. The van der Waals surface area contributed by atoms with Crippen molar-refractivity contribution in [2.45, 2.75) is 148 Å². The van der Waals surface area contributed by atoms with Crippen LogP contribution < -0.4 is 0 Å². The van der Waals surface area contributed by atoms with Gasteiger partial charge in [0, 0.05) is 12.8 Å². The molecular formula is C38H62O6. The molecule has 1 heterocycles. The molecule has 0 saturated carbocycles. The molecule has 1 rings (SSSR count). The number of ether oxygens (including phenoxy) is 3. The smallest absolute Gasteiger partial charge is 0.306 e. The van der Waals surface area contributed by atoms with Crippen LogP contribution in [0.15, 0.2) is 60.8 Å². The predicted octanol–water partition coefficient (Wildman–Crippen LogP) is 9.29. The minimum atomic E-state index is -0.998. The average Bonchev–Trinajstić information content (AvgIpc) is 3.76. The number of hydrogen-bond donors (Lipinski definition) is 1. The number of aliphatic hydroxyl groups is 1. The Hall–Kier alpha value is -2.44. The zero-order valence-corrected chi connectivity index (χ0v) is 28.0. The molecule has 0 radical (unpaired) electrons. The Labute approximate surface area is 268 Å². The summed E-state index contributed by atoms with van der Waals surface area (Å²) in [6, 6.07) is 0. The maximum atomic E-state index is 11.9. The van der Waals surface area contributed by atoms with Crippen LogP contribution in [0, 0.1) is 5.92 Å². The number of esters is 2. The molecule has 0 aromatic rings. The Morgan fingerprint density at radius 2 is 1.14 bits per heavy atom. The van der Waals surface area contributed by atoms with E-state index in [1.54, 1.807) is 0 Å². The molecule has 1 fully saturated rings. The van der Waals surface area contributed by atoms with E-state index in [0.29, 0.717) is 25.0 Å². The summed E-state index contributed by atoms with van der Waals surface area (Å²) in [5.41, 5.74) is 0. The Morgan fingerprint density at radius 1 is 0.659 bits per heavy atom. The van der Waals surface area contributed by atoms with E-state index < -0.39 is 6.10 Å². The standard InChI is InChI=1S/C38H62O6/c1-4-5-21-27-35-36(44-35)28-23-18-14-10-8-6-7-9-11-15-19-24-29-37(40)42-31-34(39)32-43-38(41)30-25-20-16-12-13-17-22-26-33(2)3/h5,7-10,15,18-19,21,23,33-36,39H,4,6,11-14,16-17,20,22,24-32H2,1-3H3/b9-7-,10-8-,19-15-,21-5-,23-18-/t34-,35?,36?/m0/s1. The molecule has 0 amide bonds. The van der Waals surface area contributed by atoms with E-state index in [4.69, 9.17) is 14.2 Å². The summed E-state index contributed by atoms with van der Waals surface area (Å²) in [5, 5.41) is 9.95. The van der Waals surface area contributed by atoms with Gasteiger partial charge in [-0.25, -0.2) is 0 Å². The molecule has 6 heteroatoms. The maximum absolute atomic E-state index is 11.9. The van der Waals surface area contributed by atoms with Gasteiger partial charge in [0.15, 0.2) is 0 Å². The third kappa shape index (κ3) is 26.0. The van der Waals surface area contributed by atoms with Gasteiger partial charge in [0.25, 0.3) is 0 Å². The van der Waals surface area contributed by atoms with Crippen LogP contribution in [0.2, 0.25) is 0 Å². The molecule has 0 aromatic heterocycles. The van der Waals surface area contributed by atoms with Gasteiger partial charge in [0.2, 0.25) is 0 Å². The van der Waals surface area contributed by atoms with Crippen molar-refractivity contribution in [2.24, 2.45) is 5.92 Å². The molecule has 0 aliphatic carbocycles. The van der Waals surface area contributed by atoms with Crippen molar-refractivity contribution in [3.63, 3.8) is 0 Å². The molecule has 6 nitrogen and oxygen atoms in total. The van der Waals surface area contributed by atoms with E-state index in [9.17, 15) is 14.7 Å². The van der Waals surface area contributed by atoms with Gasteiger partial charge in [-0.2, -0.15) is 0 Å². The molecule has 0 aromatic carbocycles. The van der Waals surface area contributed by atoms with E-state index >= 15 is 0 Å². The van der Waals surface area contributed by atoms with Gasteiger partial charge in [-0.05, 0) is 57.3 Å². The first-order valence-corrected chi connectivity index (χ1v) is 17.3. The van der Waals surface area contributed by atoms with Crippen molar-refractivity contribution >= 4 is 11.9 Å². The molecule has 1 aliphatic heterocycles. The SMILES string of the molecule is CC/C=C\CC1OC1C/C=C\C/C=C\C/C=C\C/C=C\CCC(=O)OC[C@H](O)COC(=O)CCCCCCCCCC(C)C. The van der Waals surface area contributed by atoms with Crippen molar-refractivity contribution in [2.75, 3.05) is 13.2 Å². The third-order valence-corrected chi connectivity index (χ3v) is 7.36. The fraction of sp³-hybridized carbons (Fsp3) is 0.684. The minimum Gasteiger partial charge on any atom is -0.463 e. The average molecular weight is 615 g/mol. The van der Waals surface area contributed by atoms with Crippen molar-refractivity contribution in [1.82, 2.24) is 0 Å². The highest BCUT2D eigenvalue weighted by atomic mass is 16.6. The molecule has 44 heavy (non-hydrogen) atoms.